The van der Waals surface area contributed by atoms with Crippen molar-refractivity contribution in [2.75, 3.05) is 19.7 Å². The number of hydrogen-bond donors (Lipinski definition) is 3. The number of nitrogens with one attached hydrogen (secondary N) is 3. The van der Waals surface area contributed by atoms with E-state index in [2.05, 4.69) is 16.0 Å². The number of ketones is 1. The highest BCUT2D eigenvalue weighted by Crippen LogP contribution is 2.30. The van der Waals surface area contributed by atoms with Gasteiger partial charge in [-0.05, 0) is 61.5 Å². The molecule has 4 rings (SSSR count). The molecular formula is C34H48N4O7S2. The van der Waals surface area contributed by atoms with Gasteiger partial charge >= 0.3 is 0 Å². The van der Waals surface area contributed by atoms with E-state index in [-0.39, 0.29) is 47.2 Å². The lowest BCUT2D eigenvalue weighted by molar-refractivity contribution is -0.135. The molecule has 13 heteroatoms. The highest BCUT2D eigenvalue weighted by molar-refractivity contribution is 7.91. The van der Waals surface area contributed by atoms with Gasteiger partial charge in [0.15, 0.2) is 5.78 Å². The van der Waals surface area contributed by atoms with Gasteiger partial charge in [-0.2, -0.15) is 4.31 Å². The second-order valence-corrected chi connectivity index (χ2v) is 16.7. The van der Waals surface area contributed by atoms with E-state index in [1.807, 2.05) is 58.0 Å². The molecule has 2 aromatic rings. The Bertz CT molecular complexity index is 1480. The maximum absolute atomic E-state index is 13.8. The smallest absolute Gasteiger partial charge is 0.252 e. The number of epoxide rings is 1. The summed E-state index contributed by atoms with van der Waals surface area (Å²) in [6.45, 7) is 10.3. The fraction of sp³-hybridized carbons (Fsp3) is 0.588. The molecule has 2 aliphatic heterocycles. The monoisotopic (exact) mass is 688 g/mol. The van der Waals surface area contributed by atoms with Crippen LogP contribution in [0.25, 0.3) is 0 Å². The second-order valence-electron chi connectivity index (χ2n) is 13.6. The first-order valence-electron chi connectivity index (χ1n) is 16.4. The predicted molar refractivity (Wildman–Crippen MR) is 180 cm³/mol. The minimum atomic E-state index is -3.60. The Kier molecular flexibility index (Phi) is 12.4. The molecule has 2 aliphatic rings. The van der Waals surface area contributed by atoms with Gasteiger partial charge in [0.25, 0.3) is 10.0 Å². The van der Waals surface area contributed by atoms with E-state index in [4.69, 9.17) is 4.74 Å². The Morgan fingerprint density at radius 1 is 0.872 bits per heavy atom. The van der Waals surface area contributed by atoms with E-state index < -0.39 is 51.5 Å². The molecule has 2 fully saturated rings. The van der Waals surface area contributed by atoms with E-state index in [1.165, 1.54) is 4.31 Å². The van der Waals surface area contributed by atoms with Crippen molar-refractivity contribution in [1.82, 2.24) is 20.3 Å². The highest BCUT2D eigenvalue weighted by Gasteiger charge is 2.50. The molecule has 258 valence electrons. The summed E-state index contributed by atoms with van der Waals surface area (Å²) in [5.41, 5.74) is -0.0898. The van der Waals surface area contributed by atoms with E-state index in [0.717, 1.165) is 16.9 Å². The summed E-state index contributed by atoms with van der Waals surface area (Å²) >= 11 is 1.16. The van der Waals surface area contributed by atoms with Gasteiger partial charge in [-0.15, -0.1) is 11.3 Å². The van der Waals surface area contributed by atoms with Gasteiger partial charge in [-0.25, -0.2) is 8.42 Å². The molecule has 0 saturated carbocycles. The quantitative estimate of drug-likeness (QED) is 0.229. The van der Waals surface area contributed by atoms with Gasteiger partial charge in [-0.1, -0.05) is 64.1 Å². The van der Waals surface area contributed by atoms with Crippen LogP contribution in [0.3, 0.4) is 0 Å². The van der Waals surface area contributed by atoms with Gasteiger partial charge in [0.2, 0.25) is 17.7 Å². The molecule has 3 amide bonds. The maximum Gasteiger partial charge on any atom is 0.252 e. The predicted octanol–water partition coefficient (Wildman–Crippen LogP) is 3.30. The van der Waals surface area contributed by atoms with Crippen molar-refractivity contribution in [2.45, 2.75) is 94.7 Å². The lowest BCUT2D eigenvalue weighted by Gasteiger charge is -2.31. The van der Waals surface area contributed by atoms with Crippen LogP contribution < -0.4 is 16.0 Å². The van der Waals surface area contributed by atoms with E-state index in [1.54, 1.807) is 24.4 Å². The molecule has 1 unspecified atom stereocenters. The van der Waals surface area contributed by atoms with Crippen molar-refractivity contribution in [3.05, 3.63) is 53.4 Å². The van der Waals surface area contributed by atoms with Crippen LogP contribution in [-0.2, 0) is 40.4 Å². The number of thiophene rings is 1. The third kappa shape index (κ3) is 9.94. The second kappa shape index (κ2) is 15.8. The number of benzene rings is 1. The van der Waals surface area contributed by atoms with Crippen molar-refractivity contribution in [2.24, 2.45) is 17.8 Å². The molecule has 2 saturated heterocycles. The normalized spacial score (nSPS) is 20.7. The van der Waals surface area contributed by atoms with Crippen LogP contribution in [0.4, 0.5) is 0 Å². The van der Waals surface area contributed by atoms with Gasteiger partial charge in [0.1, 0.15) is 21.9 Å². The van der Waals surface area contributed by atoms with E-state index in [9.17, 15) is 27.6 Å². The molecule has 1 aromatic heterocycles. The zero-order valence-electron chi connectivity index (χ0n) is 27.9. The van der Waals surface area contributed by atoms with Gasteiger partial charge in [0, 0.05) is 25.4 Å². The first-order chi connectivity index (χ1) is 22.2. The molecule has 11 nitrogen and oxygen atoms in total. The summed E-state index contributed by atoms with van der Waals surface area (Å²) in [6.07, 6.45) is 1.62. The van der Waals surface area contributed by atoms with Gasteiger partial charge < -0.3 is 20.7 Å². The number of carbonyl (C=O) groups is 4. The Labute approximate surface area is 282 Å². The van der Waals surface area contributed by atoms with Crippen molar-refractivity contribution in [3.63, 3.8) is 0 Å². The van der Waals surface area contributed by atoms with Gasteiger partial charge in [0.05, 0.1) is 12.6 Å². The van der Waals surface area contributed by atoms with E-state index >= 15 is 0 Å². The van der Waals surface area contributed by atoms with Crippen LogP contribution in [0.1, 0.15) is 65.9 Å². The molecule has 0 radical (unpaired) electrons. The molecule has 4 atom stereocenters. The minimum absolute atomic E-state index is 0.0533. The van der Waals surface area contributed by atoms with Crippen LogP contribution in [0.15, 0.2) is 52.1 Å². The highest BCUT2D eigenvalue weighted by atomic mass is 32.2. The van der Waals surface area contributed by atoms with Gasteiger partial charge in [-0.3, -0.25) is 19.2 Å². The average Bonchev–Trinajstić information content (AvgIpc) is 3.52. The average molecular weight is 689 g/mol. The number of piperidine rings is 1. The molecular weight excluding hydrogens is 641 g/mol. The Hall–Kier alpha value is -3.13. The topological polar surface area (TPSA) is 154 Å². The Balaban J connectivity index is 1.45. The first-order valence-corrected chi connectivity index (χ1v) is 18.7. The zero-order valence-corrected chi connectivity index (χ0v) is 29.5. The molecule has 47 heavy (non-hydrogen) atoms. The number of amides is 3. The van der Waals surface area contributed by atoms with Crippen LogP contribution in [0, 0.1) is 17.8 Å². The van der Waals surface area contributed by atoms with Crippen molar-refractivity contribution in [1.29, 1.82) is 0 Å². The van der Waals surface area contributed by atoms with Crippen molar-refractivity contribution < 1.29 is 32.3 Å². The van der Waals surface area contributed by atoms with Crippen LogP contribution in [-0.4, -0.2) is 79.7 Å². The Morgan fingerprint density at radius 2 is 1.45 bits per heavy atom. The van der Waals surface area contributed by atoms with Crippen LogP contribution in [0.5, 0.6) is 0 Å². The fourth-order valence-corrected chi connectivity index (χ4v) is 8.43. The van der Waals surface area contributed by atoms with Crippen molar-refractivity contribution in [3.8, 4) is 0 Å². The molecule has 3 N–H and O–H groups in total. The number of rotatable bonds is 16. The summed E-state index contributed by atoms with van der Waals surface area (Å²) in [6, 6.07) is 9.86. The summed E-state index contributed by atoms with van der Waals surface area (Å²) in [4.78, 5) is 54.2. The largest absolute Gasteiger partial charge is 0.361 e. The summed E-state index contributed by atoms with van der Waals surface area (Å²) in [5, 5.41) is 10.4. The van der Waals surface area contributed by atoms with Crippen molar-refractivity contribution >= 4 is 44.9 Å². The minimum Gasteiger partial charge on any atom is -0.361 e. The number of ether oxygens (including phenoxy) is 1. The molecule has 1 aromatic carbocycles. The molecule has 0 aliphatic carbocycles. The standard InChI is InChI=1S/C34H48N4O7S2/c1-22(2)18-26(30(39)34(5)21-45-34)35-33(42)28(20-24-10-7-6-8-11-24)37-32(41)27(19-23(3)4)36-31(40)25-13-15-38(16-14-25)47(43,44)29-12-9-17-46-29/h6-12,17,22-23,25-28H,13-16,18-21H2,1-5H3,(H,35,42)(H,36,40)(H,37,41)/t26-,27?,28-,34+/m0/s1. The third-order valence-corrected chi connectivity index (χ3v) is 11.9. The summed E-state index contributed by atoms with van der Waals surface area (Å²) in [5.74, 6) is -1.76. The SMILES string of the molecule is CC(C)CC(NC(=O)C1CCN(S(=O)(=O)c2cccs2)CC1)C(=O)N[C@@H](Cc1ccccc1)C(=O)N[C@@H](CC(C)C)C(=O)[C@@]1(C)CO1. The van der Waals surface area contributed by atoms with E-state index in [0.29, 0.717) is 32.3 Å². The number of carbonyl (C=O) groups excluding carboxylic acids is 4. The molecule has 0 bridgehead atoms. The van der Waals surface area contributed by atoms with Crippen LogP contribution >= 0.6 is 11.3 Å². The lowest BCUT2D eigenvalue weighted by Crippen LogP contribution is -2.58. The Morgan fingerprint density at radius 3 is 2.00 bits per heavy atom. The first kappa shape index (κ1) is 36.7. The number of Topliss-reactive ketones (excluding diaryl/α,β-unsaturated/α-hetero) is 1. The zero-order chi connectivity index (χ0) is 34.4. The summed E-state index contributed by atoms with van der Waals surface area (Å²) < 4.78 is 32.9. The number of nitrogens with zero attached hydrogens (tertiary/aromatic N) is 1. The number of sulfonamides is 1. The molecule has 3 heterocycles. The molecule has 0 spiro atoms. The van der Waals surface area contributed by atoms with Crippen LogP contribution in [0.2, 0.25) is 0 Å². The summed E-state index contributed by atoms with van der Waals surface area (Å²) in [7, 11) is -3.60. The third-order valence-electron chi connectivity index (χ3n) is 8.61. The lowest BCUT2D eigenvalue weighted by atomic mass is 9.93. The fourth-order valence-electron chi connectivity index (χ4n) is 5.81. The number of hydrogen-bond acceptors (Lipinski definition) is 8. The maximum atomic E-state index is 13.8.